The van der Waals surface area contributed by atoms with Gasteiger partial charge in [-0.05, 0) is 34.6 Å². The molecule has 0 atom stereocenters. The maximum atomic E-state index is 12.0. The van der Waals surface area contributed by atoms with Crippen LogP contribution in [0.1, 0.15) is 34.6 Å². The van der Waals surface area contributed by atoms with E-state index >= 15 is 0 Å². The van der Waals surface area contributed by atoms with Crippen molar-refractivity contribution in [1.29, 1.82) is 5.26 Å². The Kier molecular flexibility index (Phi) is 2.84. The van der Waals surface area contributed by atoms with Gasteiger partial charge in [0, 0.05) is 0 Å². The molecule has 5 heteroatoms. The fourth-order valence-electron chi connectivity index (χ4n) is 1.99. The van der Waals surface area contributed by atoms with Gasteiger partial charge < -0.3 is 5.32 Å². The minimum atomic E-state index is -0.889. The monoisotopic (exact) mass is 222 g/mol. The number of hydroxylamine groups is 2. The predicted molar refractivity (Wildman–Crippen MR) is 57.1 cm³/mol. The molecule has 0 amide bonds. The van der Waals surface area contributed by atoms with Gasteiger partial charge in [0.25, 0.3) is 0 Å². The Hall–Kier alpha value is -1.38. The normalized spacial score (nSPS) is 25.8. The third-order valence-corrected chi connectivity index (χ3v) is 2.77. The molecule has 0 unspecified atom stereocenters. The van der Waals surface area contributed by atoms with Gasteiger partial charge >= 0.3 is 0 Å². The lowest BCUT2D eigenvalue weighted by molar-refractivity contribution is -0.243. The van der Waals surface area contributed by atoms with Gasteiger partial charge in [-0.25, -0.2) is 0 Å². The first kappa shape index (κ1) is 12.7. The van der Waals surface area contributed by atoms with Crippen molar-refractivity contribution in [2.24, 2.45) is 0 Å². The summed E-state index contributed by atoms with van der Waals surface area (Å²) in [6.07, 6.45) is 0. The summed E-state index contributed by atoms with van der Waals surface area (Å²) in [5.41, 5.74) is -1.27. The van der Waals surface area contributed by atoms with Gasteiger partial charge in [0.2, 0.25) is 0 Å². The van der Waals surface area contributed by atoms with Gasteiger partial charge in [-0.15, -0.1) is 10.3 Å². The number of carbonyl (C=O) groups excluding carboxylic acids is 1. The van der Waals surface area contributed by atoms with E-state index in [1.807, 2.05) is 6.07 Å². The number of nitrogens with one attached hydrogen (secondary N) is 1. The van der Waals surface area contributed by atoms with E-state index in [1.165, 1.54) is 6.92 Å². The SMILES string of the molecule is CC(=O)/C(C#N)=C1\NC(C)(C)N([O])C1(C)C. The lowest BCUT2D eigenvalue weighted by atomic mass is 9.96. The first-order valence-corrected chi connectivity index (χ1v) is 5.06. The van der Waals surface area contributed by atoms with E-state index in [0.717, 1.165) is 5.06 Å². The molecule has 87 valence electrons. The molecule has 1 aliphatic heterocycles. The van der Waals surface area contributed by atoms with Crippen molar-refractivity contribution in [3.63, 3.8) is 0 Å². The third-order valence-electron chi connectivity index (χ3n) is 2.77. The average molecular weight is 222 g/mol. The van der Waals surface area contributed by atoms with E-state index in [0.29, 0.717) is 5.70 Å². The van der Waals surface area contributed by atoms with Crippen molar-refractivity contribution in [2.45, 2.75) is 45.8 Å². The number of nitriles is 1. The van der Waals surface area contributed by atoms with E-state index in [4.69, 9.17) is 5.26 Å². The minimum absolute atomic E-state index is 0.0245. The largest absolute Gasteiger partial charge is 0.366 e. The fraction of sp³-hybridized carbons (Fsp3) is 0.636. The Morgan fingerprint density at radius 3 is 2.12 bits per heavy atom. The maximum absolute atomic E-state index is 12.0. The van der Waals surface area contributed by atoms with Crippen LogP contribution in [0.2, 0.25) is 0 Å². The summed E-state index contributed by atoms with van der Waals surface area (Å²) >= 11 is 0. The highest BCUT2D eigenvalue weighted by Crippen LogP contribution is 2.36. The molecule has 0 aromatic carbocycles. The molecule has 1 aliphatic rings. The lowest BCUT2D eigenvalue weighted by Crippen LogP contribution is -2.47. The molecule has 1 rings (SSSR count). The number of rotatable bonds is 1. The quantitative estimate of drug-likeness (QED) is 0.532. The third kappa shape index (κ3) is 1.70. The molecular formula is C11H16N3O2. The van der Waals surface area contributed by atoms with Crippen LogP contribution >= 0.6 is 0 Å². The topological polar surface area (TPSA) is 76.0 Å². The Morgan fingerprint density at radius 2 is 1.88 bits per heavy atom. The molecular weight excluding hydrogens is 206 g/mol. The zero-order chi connectivity index (χ0) is 12.7. The second-order valence-corrected chi connectivity index (χ2v) is 4.96. The Morgan fingerprint density at radius 1 is 1.38 bits per heavy atom. The number of Topliss-reactive ketones (excluding diaryl/α,β-unsaturated/α-hetero) is 1. The maximum Gasteiger partial charge on any atom is 0.172 e. The molecule has 1 N–H and O–H groups in total. The summed E-state index contributed by atoms with van der Waals surface area (Å²) in [6.45, 7) is 8.13. The molecule has 0 spiro atoms. The molecule has 0 aromatic heterocycles. The number of allylic oxidation sites excluding steroid dienone is 1. The van der Waals surface area contributed by atoms with Gasteiger partial charge in [-0.1, -0.05) is 0 Å². The Balaban J connectivity index is 3.39. The molecule has 1 fully saturated rings. The van der Waals surface area contributed by atoms with E-state index < -0.39 is 11.2 Å². The first-order valence-electron chi connectivity index (χ1n) is 5.06. The van der Waals surface area contributed by atoms with Crippen molar-refractivity contribution in [1.82, 2.24) is 10.4 Å². The van der Waals surface area contributed by atoms with Gasteiger partial charge in [0.1, 0.15) is 17.3 Å². The number of ketones is 1. The summed E-state index contributed by atoms with van der Waals surface area (Å²) in [7, 11) is 0. The van der Waals surface area contributed by atoms with Gasteiger partial charge in [0.05, 0.1) is 11.2 Å². The van der Waals surface area contributed by atoms with Crippen LogP contribution in [0.3, 0.4) is 0 Å². The Labute approximate surface area is 95.3 Å². The molecule has 1 heterocycles. The van der Waals surface area contributed by atoms with Crippen molar-refractivity contribution in [3.05, 3.63) is 11.3 Å². The van der Waals surface area contributed by atoms with Crippen LogP contribution in [0, 0.1) is 11.3 Å². The van der Waals surface area contributed by atoms with Crippen LogP contribution in [0.5, 0.6) is 0 Å². The van der Waals surface area contributed by atoms with Crippen LogP contribution in [0.15, 0.2) is 11.3 Å². The van der Waals surface area contributed by atoms with Crippen molar-refractivity contribution in [2.75, 3.05) is 0 Å². The molecule has 0 aromatic rings. The summed E-state index contributed by atoms with van der Waals surface area (Å²) in [4.78, 5) is 11.3. The van der Waals surface area contributed by atoms with Gasteiger partial charge in [-0.2, -0.15) is 5.26 Å². The highest BCUT2D eigenvalue weighted by Gasteiger charge is 2.50. The van der Waals surface area contributed by atoms with Gasteiger partial charge in [-0.3, -0.25) is 4.79 Å². The standard InChI is InChI=1S/C11H16N3O2/c1-7(15)8(6-12)9-10(2,3)14(16)11(4,5)13-9/h13H,1-5H3/b9-8-. The van der Waals surface area contributed by atoms with Crippen LogP contribution in [0.25, 0.3) is 0 Å². The highest BCUT2D eigenvalue weighted by atomic mass is 16.5. The number of hydrogen-bond donors (Lipinski definition) is 1. The van der Waals surface area contributed by atoms with Crippen molar-refractivity contribution < 1.29 is 10.0 Å². The van der Waals surface area contributed by atoms with E-state index in [-0.39, 0.29) is 11.4 Å². The zero-order valence-electron chi connectivity index (χ0n) is 10.2. The van der Waals surface area contributed by atoms with E-state index in [9.17, 15) is 10.0 Å². The molecule has 5 nitrogen and oxygen atoms in total. The van der Waals surface area contributed by atoms with Crippen LogP contribution in [0.4, 0.5) is 0 Å². The van der Waals surface area contributed by atoms with Crippen molar-refractivity contribution in [3.8, 4) is 6.07 Å². The molecule has 0 bridgehead atoms. The molecule has 1 radical (unpaired) electrons. The minimum Gasteiger partial charge on any atom is -0.366 e. The summed E-state index contributed by atoms with van der Waals surface area (Å²) < 4.78 is 0. The van der Waals surface area contributed by atoms with E-state index in [2.05, 4.69) is 5.32 Å². The predicted octanol–water partition coefficient (Wildman–Crippen LogP) is 1.12. The molecule has 1 saturated heterocycles. The Bertz CT molecular complexity index is 402. The van der Waals surface area contributed by atoms with Crippen molar-refractivity contribution >= 4 is 5.78 Å². The number of carbonyl (C=O) groups is 1. The number of nitrogens with zero attached hydrogens (tertiary/aromatic N) is 2. The van der Waals surface area contributed by atoms with Crippen LogP contribution in [-0.2, 0) is 10.0 Å². The fourth-order valence-corrected chi connectivity index (χ4v) is 1.99. The average Bonchev–Trinajstić information content (AvgIpc) is 2.28. The second kappa shape index (κ2) is 3.58. The lowest BCUT2D eigenvalue weighted by Gasteiger charge is -2.29. The second-order valence-electron chi connectivity index (χ2n) is 4.96. The zero-order valence-corrected chi connectivity index (χ0v) is 10.2. The summed E-state index contributed by atoms with van der Waals surface area (Å²) in [6, 6.07) is 1.86. The summed E-state index contributed by atoms with van der Waals surface area (Å²) in [5.74, 6) is -0.329. The van der Waals surface area contributed by atoms with Gasteiger partial charge in [0.15, 0.2) is 5.78 Å². The van der Waals surface area contributed by atoms with E-state index in [1.54, 1.807) is 27.7 Å². The summed E-state index contributed by atoms with van der Waals surface area (Å²) in [5, 5.41) is 24.8. The first-order chi connectivity index (χ1) is 7.14. The van der Waals surface area contributed by atoms with Crippen LogP contribution < -0.4 is 5.32 Å². The highest BCUT2D eigenvalue weighted by molar-refractivity contribution is 5.98. The number of hydrogen-bond acceptors (Lipinski definition) is 4. The molecule has 16 heavy (non-hydrogen) atoms. The molecule has 0 saturated carbocycles. The van der Waals surface area contributed by atoms with Crippen LogP contribution in [-0.4, -0.2) is 22.0 Å². The smallest absolute Gasteiger partial charge is 0.172 e. The molecule has 0 aliphatic carbocycles.